The fraction of sp³-hybridized carbons (Fsp3) is 0.333. The topological polar surface area (TPSA) is 98.7 Å². The number of amides is 1. The molecule has 6 nitrogen and oxygen atoms in total. The third-order valence-corrected chi connectivity index (χ3v) is 2.89. The Hall–Kier alpha value is -1.92. The molecule has 0 aliphatic carbocycles. The van der Waals surface area contributed by atoms with Gasteiger partial charge in [0.15, 0.2) is 6.04 Å². The number of carbonyl (C=O) groups is 2. The molecule has 1 aromatic rings. The van der Waals surface area contributed by atoms with Crippen molar-refractivity contribution in [3.05, 3.63) is 34.9 Å². The molecule has 0 unspecified atom stereocenters. The van der Waals surface area contributed by atoms with Crippen molar-refractivity contribution >= 4 is 11.9 Å². The summed E-state index contributed by atoms with van der Waals surface area (Å²) in [4.78, 5) is 22.5. The van der Waals surface area contributed by atoms with E-state index in [0.717, 1.165) is 17.7 Å². The summed E-state index contributed by atoms with van der Waals surface area (Å²) in [6.07, 6.45) is 0. The summed E-state index contributed by atoms with van der Waals surface area (Å²) >= 11 is 0. The van der Waals surface area contributed by atoms with Gasteiger partial charge in [0, 0.05) is 18.7 Å². The van der Waals surface area contributed by atoms with Crippen LogP contribution in [0.1, 0.15) is 21.5 Å². The van der Waals surface area contributed by atoms with E-state index in [1.165, 1.54) is 0 Å². The highest BCUT2D eigenvalue weighted by molar-refractivity contribution is 5.96. The zero-order valence-corrected chi connectivity index (χ0v) is 9.64. The molecule has 1 amide bonds. The molecule has 0 spiro atoms. The maximum absolute atomic E-state index is 11.8. The van der Waals surface area contributed by atoms with Crippen molar-refractivity contribution in [3.8, 4) is 0 Å². The van der Waals surface area contributed by atoms with E-state index in [2.05, 4.69) is 10.6 Å². The summed E-state index contributed by atoms with van der Waals surface area (Å²) < 4.78 is 0. The molecule has 0 radical (unpaired) electrons. The number of carboxylic acids is 1. The van der Waals surface area contributed by atoms with Crippen molar-refractivity contribution in [3.63, 3.8) is 0 Å². The normalized spacial score (nSPS) is 14.9. The van der Waals surface area contributed by atoms with Crippen LogP contribution in [0.5, 0.6) is 0 Å². The molecule has 0 bridgehead atoms. The third-order valence-electron chi connectivity index (χ3n) is 2.89. The first-order chi connectivity index (χ1) is 8.61. The van der Waals surface area contributed by atoms with E-state index in [-0.39, 0.29) is 0 Å². The lowest BCUT2D eigenvalue weighted by Crippen LogP contribution is -2.43. The van der Waals surface area contributed by atoms with Crippen LogP contribution in [0.4, 0.5) is 0 Å². The van der Waals surface area contributed by atoms with Gasteiger partial charge in [-0.05, 0) is 23.3 Å². The molecule has 1 aliphatic heterocycles. The first-order valence-corrected chi connectivity index (χ1v) is 5.59. The average molecular weight is 250 g/mol. The molecular formula is C12H14N2O4. The molecule has 1 atom stereocenters. The van der Waals surface area contributed by atoms with E-state index in [4.69, 9.17) is 10.2 Å². The van der Waals surface area contributed by atoms with Gasteiger partial charge in [-0.2, -0.15) is 0 Å². The number of carboxylic acid groups (broad SMARTS) is 1. The number of nitrogens with one attached hydrogen (secondary N) is 2. The van der Waals surface area contributed by atoms with Crippen molar-refractivity contribution in [2.45, 2.75) is 19.1 Å². The van der Waals surface area contributed by atoms with E-state index in [9.17, 15) is 9.59 Å². The Morgan fingerprint density at radius 3 is 2.72 bits per heavy atom. The lowest BCUT2D eigenvalue weighted by atomic mass is 10.1. The van der Waals surface area contributed by atoms with Gasteiger partial charge in [0.25, 0.3) is 5.91 Å². The first kappa shape index (κ1) is 12.5. The predicted octanol–water partition coefficient (Wildman–Crippen LogP) is -0.535. The van der Waals surface area contributed by atoms with Crippen LogP contribution in [0, 0.1) is 0 Å². The van der Waals surface area contributed by atoms with Gasteiger partial charge in [0.2, 0.25) is 0 Å². The Balaban J connectivity index is 2.12. The molecule has 1 aliphatic rings. The van der Waals surface area contributed by atoms with Crippen LogP contribution >= 0.6 is 0 Å². The monoisotopic (exact) mass is 250 g/mol. The molecule has 0 aromatic heterocycles. The van der Waals surface area contributed by atoms with Crippen molar-refractivity contribution in [1.82, 2.24) is 10.6 Å². The Labute approximate surface area is 104 Å². The molecular weight excluding hydrogens is 236 g/mol. The van der Waals surface area contributed by atoms with Gasteiger partial charge in [-0.15, -0.1) is 0 Å². The van der Waals surface area contributed by atoms with Crippen LogP contribution in [0.3, 0.4) is 0 Å². The van der Waals surface area contributed by atoms with Crippen molar-refractivity contribution in [2.75, 3.05) is 6.61 Å². The highest BCUT2D eigenvalue weighted by atomic mass is 16.4. The third kappa shape index (κ3) is 2.49. The molecule has 2 rings (SSSR count). The zero-order valence-electron chi connectivity index (χ0n) is 9.64. The van der Waals surface area contributed by atoms with Crippen LogP contribution < -0.4 is 10.6 Å². The van der Waals surface area contributed by atoms with Crippen molar-refractivity contribution in [2.24, 2.45) is 0 Å². The number of benzene rings is 1. The van der Waals surface area contributed by atoms with Gasteiger partial charge < -0.3 is 20.8 Å². The van der Waals surface area contributed by atoms with Gasteiger partial charge in [0.1, 0.15) is 0 Å². The first-order valence-electron chi connectivity index (χ1n) is 5.59. The van der Waals surface area contributed by atoms with Crippen molar-refractivity contribution < 1.29 is 19.8 Å². The predicted molar refractivity (Wildman–Crippen MR) is 63.0 cm³/mol. The number of aliphatic hydroxyl groups excluding tert-OH is 1. The summed E-state index contributed by atoms with van der Waals surface area (Å²) in [5, 5.41) is 23.0. The summed E-state index contributed by atoms with van der Waals surface area (Å²) in [5.41, 5.74) is 2.58. The molecule has 1 heterocycles. The second-order valence-corrected chi connectivity index (χ2v) is 4.13. The van der Waals surface area contributed by atoms with Crippen molar-refractivity contribution in [1.29, 1.82) is 0 Å². The highest BCUT2D eigenvalue weighted by Crippen LogP contribution is 2.17. The SMILES string of the molecule is O=C(N[C@@H](CO)C(=O)O)c1ccc2c(c1)CNC2. The second-order valence-electron chi connectivity index (χ2n) is 4.13. The molecule has 0 saturated carbocycles. The maximum Gasteiger partial charge on any atom is 0.328 e. The highest BCUT2D eigenvalue weighted by Gasteiger charge is 2.20. The lowest BCUT2D eigenvalue weighted by molar-refractivity contribution is -0.140. The summed E-state index contributed by atoms with van der Waals surface area (Å²) in [6.45, 7) is 0.859. The number of rotatable bonds is 4. The van der Waals surface area contributed by atoms with Crippen LogP contribution in [0.25, 0.3) is 0 Å². The number of fused-ring (bicyclic) bond motifs is 1. The number of hydrogen-bond acceptors (Lipinski definition) is 4. The zero-order chi connectivity index (χ0) is 13.1. The van der Waals surface area contributed by atoms with E-state index < -0.39 is 24.5 Å². The summed E-state index contributed by atoms with van der Waals surface area (Å²) in [7, 11) is 0. The van der Waals surface area contributed by atoms with Gasteiger partial charge in [-0.3, -0.25) is 4.79 Å². The van der Waals surface area contributed by atoms with Gasteiger partial charge >= 0.3 is 5.97 Å². The van der Waals surface area contributed by atoms with E-state index in [1.807, 2.05) is 6.07 Å². The van der Waals surface area contributed by atoms with Crippen LogP contribution in [0.2, 0.25) is 0 Å². The average Bonchev–Trinajstić information content (AvgIpc) is 2.82. The van der Waals surface area contributed by atoms with Gasteiger partial charge in [-0.25, -0.2) is 4.79 Å². The largest absolute Gasteiger partial charge is 0.480 e. The summed E-state index contributed by atoms with van der Waals surface area (Å²) in [5.74, 6) is -1.75. The molecule has 1 aromatic carbocycles. The number of aliphatic hydroxyl groups is 1. The fourth-order valence-corrected chi connectivity index (χ4v) is 1.86. The standard InChI is InChI=1S/C12H14N2O4/c15-6-10(12(17)18)14-11(16)7-1-2-8-4-13-5-9(8)3-7/h1-3,10,13,15H,4-6H2,(H,14,16)(H,17,18)/t10-/m0/s1. The molecule has 6 heteroatoms. The Kier molecular flexibility index (Phi) is 3.59. The minimum absolute atomic E-state index is 0.400. The molecule has 0 fully saturated rings. The molecule has 0 saturated heterocycles. The summed E-state index contributed by atoms with van der Waals surface area (Å²) in [6, 6.07) is 3.96. The minimum atomic E-state index is -1.27. The van der Waals surface area contributed by atoms with Gasteiger partial charge in [0.05, 0.1) is 6.61 Å². The van der Waals surface area contributed by atoms with E-state index in [0.29, 0.717) is 12.1 Å². The number of hydrogen-bond donors (Lipinski definition) is 4. The van der Waals surface area contributed by atoms with E-state index >= 15 is 0 Å². The molecule has 18 heavy (non-hydrogen) atoms. The molecule has 96 valence electrons. The van der Waals surface area contributed by atoms with Gasteiger partial charge in [-0.1, -0.05) is 6.07 Å². The number of aliphatic carboxylic acids is 1. The maximum atomic E-state index is 11.8. The quantitative estimate of drug-likeness (QED) is 0.575. The molecule has 4 N–H and O–H groups in total. The van der Waals surface area contributed by atoms with Crippen LogP contribution in [0.15, 0.2) is 18.2 Å². The fourth-order valence-electron chi connectivity index (χ4n) is 1.86. The second kappa shape index (κ2) is 5.16. The Morgan fingerprint density at radius 1 is 1.33 bits per heavy atom. The minimum Gasteiger partial charge on any atom is -0.480 e. The Morgan fingerprint density at radius 2 is 2.06 bits per heavy atom. The smallest absolute Gasteiger partial charge is 0.328 e. The van der Waals surface area contributed by atoms with E-state index in [1.54, 1.807) is 12.1 Å². The van der Waals surface area contributed by atoms with Crippen LogP contribution in [-0.4, -0.2) is 34.7 Å². The lowest BCUT2D eigenvalue weighted by Gasteiger charge is -2.12. The van der Waals surface area contributed by atoms with Crippen LogP contribution in [-0.2, 0) is 17.9 Å². The Bertz CT molecular complexity index is 487. The number of carbonyl (C=O) groups excluding carboxylic acids is 1.